The molecule has 1 aromatic rings. The van der Waals surface area contributed by atoms with E-state index in [1.165, 1.54) is 25.7 Å². The van der Waals surface area contributed by atoms with E-state index in [1.807, 2.05) is 0 Å². The Hall–Kier alpha value is -2.16. The van der Waals surface area contributed by atoms with E-state index in [-0.39, 0.29) is 12.1 Å². The summed E-state index contributed by atoms with van der Waals surface area (Å²) in [7, 11) is 0. The van der Waals surface area contributed by atoms with Crippen molar-refractivity contribution in [2.24, 2.45) is 0 Å². The number of carbonyl (C=O) groups is 1. The molecule has 0 heterocycles. The third kappa shape index (κ3) is 5.69. The maximum atomic E-state index is 12.7. The molecule has 0 bridgehead atoms. The maximum Gasteiger partial charge on any atom is 0.416 e. The zero-order valence-corrected chi connectivity index (χ0v) is 14.3. The zero-order chi connectivity index (χ0) is 19.2. The minimum atomic E-state index is -4.71. The van der Waals surface area contributed by atoms with Crippen LogP contribution in [0.3, 0.4) is 0 Å². The van der Waals surface area contributed by atoms with Gasteiger partial charge in [0, 0.05) is 25.2 Å². The van der Waals surface area contributed by atoms with E-state index in [4.69, 9.17) is 0 Å². The van der Waals surface area contributed by atoms with Gasteiger partial charge in [0.15, 0.2) is 0 Å². The Bertz CT molecular complexity index is 642. The number of nitro benzene ring substituents is 1. The lowest BCUT2D eigenvalue weighted by Gasteiger charge is -2.16. The molecule has 1 aliphatic carbocycles. The third-order valence-corrected chi connectivity index (χ3v) is 4.47. The van der Waals surface area contributed by atoms with Crippen molar-refractivity contribution in [3.05, 3.63) is 39.4 Å². The standard InChI is InChI=1S/C17H22F3N3O3/c18-17(19,20)12-7-8-14(15(11-12)23(25)26)16(24)22-10-9-21-13-5-3-1-2-4-6-13/h7-8,11,13,21H,1-6,9-10H2,(H,22,24). The fraction of sp³-hybridized carbons (Fsp3) is 0.588. The predicted molar refractivity (Wildman–Crippen MR) is 89.9 cm³/mol. The molecule has 0 spiro atoms. The average Bonchev–Trinajstić information content (AvgIpc) is 2.86. The Balaban J connectivity index is 1.93. The minimum absolute atomic E-state index is 0.244. The molecule has 2 rings (SSSR count). The van der Waals surface area contributed by atoms with Gasteiger partial charge in [-0.25, -0.2) is 0 Å². The molecule has 1 fully saturated rings. The molecule has 0 atom stereocenters. The minimum Gasteiger partial charge on any atom is -0.351 e. The molecule has 1 amide bonds. The van der Waals surface area contributed by atoms with Gasteiger partial charge in [0.2, 0.25) is 0 Å². The van der Waals surface area contributed by atoms with Gasteiger partial charge in [-0.2, -0.15) is 13.2 Å². The fourth-order valence-electron chi connectivity index (χ4n) is 3.08. The quantitative estimate of drug-likeness (QED) is 0.345. The summed E-state index contributed by atoms with van der Waals surface area (Å²) in [6, 6.07) is 2.30. The molecular formula is C17H22F3N3O3. The van der Waals surface area contributed by atoms with Crippen molar-refractivity contribution in [1.82, 2.24) is 10.6 Å². The fourth-order valence-corrected chi connectivity index (χ4v) is 3.08. The first-order chi connectivity index (χ1) is 12.3. The molecule has 1 saturated carbocycles. The number of halogens is 3. The number of hydrogen-bond donors (Lipinski definition) is 2. The van der Waals surface area contributed by atoms with Crippen LogP contribution in [0.2, 0.25) is 0 Å². The van der Waals surface area contributed by atoms with Gasteiger partial charge in [0.05, 0.1) is 10.5 Å². The number of alkyl halides is 3. The van der Waals surface area contributed by atoms with E-state index in [9.17, 15) is 28.1 Å². The third-order valence-electron chi connectivity index (χ3n) is 4.47. The lowest BCUT2D eigenvalue weighted by atomic mass is 10.1. The molecule has 0 saturated heterocycles. The highest BCUT2D eigenvalue weighted by Crippen LogP contribution is 2.32. The van der Waals surface area contributed by atoms with Crippen molar-refractivity contribution in [1.29, 1.82) is 0 Å². The molecule has 9 heteroatoms. The molecule has 0 radical (unpaired) electrons. The van der Waals surface area contributed by atoms with Crippen molar-refractivity contribution in [3.63, 3.8) is 0 Å². The Labute approximate surface area is 149 Å². The highest BCUT2D eigenvalue weighted by atomic mass is 19.4. The first kappa shape index (κ1) is 20.2. The first-order valence-electron chi connectivity index (χ1n) is 8.66. The van der Waals surface area contributed by atoms with Crippen LogP contribution in [0.15, 0.2) is 18.2 Å². The summed E-state index contributed by atoms with van der Waals surface area (Å²) in [4.78, 5) is 22.2. The summed E-state index contributed by atoms with van der Waals surface area (Å²) in [5.41, 5.74) is -2.39. The van der Waals surface area contributed by atoms with Crippen LogP contribution in [-0.4, -0.2) is 30.0 Å². The van der Waals surface area contributed by atoms with Crippen LogP contribution < -0.4 is 10.6 Å². The van der Waals surface area contributed by atoms with E-state index < -0.39 is 28.3 Å². The summed E-state index contributed by atoms with van der Waals surface area (Å²) in [5.74, 6) is -0.756. The number of nitrogens with zero attached hydrogens (tertiary/aromatic N) is 1. The molecule has 26 heavy (non-hydrogen) atoms. The van der Waals surface area contributed by atoms with Gasteiger partial charge in [0.1, 0.15) is 5.56 Å². The topological polar surface area (TPSA) is 84.3 Å². The van der Waals surface area contributed by atoms with E-state index in [0.29, 0.717) is 24.7 Å². The van der Waals surface area contributed by atoms with Crippen LogP contribution in [0.25, 0.3) is 0 Å². The van der Waals surface area contributed by atoms with Gasteiger partial charge in [-0.1, -0.05) is 25.7 Å². The van der Waals surface area contributed by atoms with Crippen molar-refractivity contribution in [2.45, 2.75) is 50.7 Å². The molecule has 1 aliphatic rings. The lowest BCUT2D eigenvalue weighted by molar-refractivity contribution is -0.385. The van der Waals surface area contributed by atoms with Crippen LogP contribution in [-0.2, 0) is 6.18 Å². The summed E-state index contributed by atoms with van der Waals surface area (Å²) in [6.07, 6.45) is 2.25. The van der Waals surface area contributed by atoms with Crippen molar-refractivity contribution in [3.8, 4) is 0 Å². The number of hydrogen-bond acceptors (Lipinski definition) is 4. The average molecular weight is 373 g/mol. The molecule has 1 aromatic carbocycles. The van der Waals surface area contributed by atoms with Crippen LogP contribution in [0.1, 0.15) is 54.4 Å². The van der Waals surface area contributed by atoms with E-state index in [1.54, 1.807) is 0 Å². The Morgan fingerprint density at radius 2 is 1.81 bits per heavy atom. The molecule has 0 unspecified atom stereocenters. The molecule has 144 valence electrons. The summed E-state index contributed by atoms with van der Waals surface area (Å²) in [5, 5.41) is 16.9. The van der Waals surface area contributed by atoms with E-state index in [2.05, 4.69) is 10.6 Å². The van der Waals surface area contributed by atoms with Crippen molar-refractivity contribution >= 4 is 11.6 Å². The number of nitro groups is 1. The number of carbonyl (C=O) groups excluding carboxylic acids is 1. The van der Waals surface area contributed by atoms with Crippen LogP contribution in [0.4, 0.5) is 18.9 Å². The second-order valence-electron chi connectivity index (χ2n) is 6.39. The largest absolute Gasteiger partial charge is 0.416 e. The monoisotopic (exact) mass is 373 g/mol. The van der Waals surface area contributed by atoms with Gasteiger partial charge >= 0.3 is 6.18 Å². The number of rotatable bonds is 6. The van der Waals surface area contributed by atoms with Crippen molar-refractivity contribution < 1.29 is 22.9 Å². The summed E-state index contributed by atoms with van der Waals surface area (Å²) in [6.45, 7) is 0.748. The zero-order valence-electron chi connectivity index (χ0n) is 14.3. The Morgan fingerprint density at radius 1 is 1.15 bits per heavy atom. The SMILES string of the molecule is O=C(NCCNC1CCCCCC1)c1ccc(C(F)(F)F)cc1[N+](=O)[O-]. The molecule has 6 nitrogen and oxygen atoms in total. The maximum absolute atomic E-state index is 12.7. The molecular weight excluding hydrogens is 351 g/mol. The lowest BCUT2D eigenvalue weighted by Crippen LogP contribution is -2.37. The van der Waals surface area contributed by atoms with E-state index >= 15 is 0 Å². The first-order valence-corrected chi connectivity index (χ1v) is 8.66. The van der Waals surface area contributed by atoms with Crippen molar-refractivity contribution in [2.75, 3.05) is 13.1 Å². The van der Waals surface area contributed by atoms with Crippen LogP contribution in [0.5, 0.6) is 0 Å². The van der Waals surface area contributed by atoms with Crippen LogP contribution >= 0.6 is 0 Å². The highest BCUT2D eigenvalue weighted by Gasteiger charge is 2.33. The molecule has 2 N–H and O–H groups in total. The molecule has 0 aromatic heterocycles. The molecule has 0 aliphatic heterocycles. The Morgan fingerprint density at radius 3 is 2.38 bits per heavy atom. The second-order valence-corrected chi connectivity index (χ2v) is 6.39. The smallest absolute Gasteiger partial charge is 0.351 e. The van der Waals surface area contributed by atoms with Gasteiger partial charge < -0.3 is 10.6 Å². The predicted octanol–water partition coefficient (Wildman–Crippen LogP) is 3.66. The normalized spacial score (nSPS) is 16.1. The number of amides is 1. The van der Waals surface area contributed by atoms with Gasteiger partial charge in [-0.3, -0.25) is 14.9 Å². The Kier molecular flexibility index (Phi) is 6.96. The van der Waals surface area contributed by atoms with E-state index in [0.717, 1.165) is 18.9 Å². The number of nitrogens with one attached hydrogen (secondary N) is 2. The highest BCUT2D eigenvalue weighted by molar-refractivity contribution is 5.98. The van der Waals surface area contributed by atoms with Gasteiger partial charge in [-0.05, 0) is 25.0 Å². The second kappa shape index (κ2) is 8.98. The number of benzene rings is 1. The summed E-state index contributed by atoms with van der Waals surface area (Å²) < 4.78 is 38.1. The summed E-state index contributed by atoms with van der Waals surface area (Å²) >= 11 is 0. The van der Waals surface area contributed by atoms with Crippen LogP contribution in [0, 0.1) is 10.1 Å². The van der Waals surface area contributed by atoms with Gasteiger partial charge in [0.25, 0.3) is 11.6 Å². The van der Waals surface area contributed by atoms with Gasteiger partial charge in [-0.15, -0.1) is 0 Å².